The number of amides is 2. The number of aromatic nitrogens is 2. The second-order valence-electron chi connectivity index (χ2n) is 5.58. The molecule has 2 aromatic rings. The van der Waals surface area contributed by atoms with Crippen molar-refractivity contribution < 1.29 is 9.90 Å². The van der Waals surface area contributed by atoms with Crippen LogP contribution < -0.4 is 10.6 Å². The topological polar surface area (TPSA) is 90.0 Å². The number of H-pyrrole nitrogens is 1. The second kappa shape index (κ2) is 6.13. The molecule has 3 rings (SSSR count). The van der Waals surface area contributed by atoms with Gasteiger partial charge in [0.2, 0.25) is 0 Å². The lowest BCUT2D eigenvalue weighted by Gasteiger charge is -2.21. The third-order valence-electron chi connectivity index (χ3n) is 3.99. The largest absolute Gasteiger partial charge is 0.391 e. The van der Waals surface area contributed by atoms with Gasteiger partial charge >= 0.3 is 6.03 Å². The van der Waals surface area contributed by atoms with Crippen molar-refractivity contribution in [1.29, 1.82) is 0 Å². The zero-order chi connectivity index (χ0) is 14.7. The molecule has 0 spiro atoms. The van der Waals surface area contributed by atoms with Crippen LogP contribution >= 0.6 is 0 Å². The number of urea groups is 1. The molecule has 0 radical (unpaired) electrons. The zero-order valence-corrected chi connectivity index (χ0v) is 11.8. The molecule has 0 bridgehead atoms. The van der Waals surface area contributed by atoms with Crippen LogP contribution in [-0.2, 0) is 0 Å². The van der Waals surface area contributed by atoms with E-state index >= 15 is 0 Å². The molecule has 21 heavy (non-hydrogen) atoms. The average Bonchev–Trinajstić information content (AvgIpc) is 2.84. The SMILES string of the molecule is O=C(Nc1ccc2[nH]ncc2c1)N[C@@H]1CCCCC[C@H]1O. The Balaban J connectivity index is 1.62. The normalized spacial score (nSPS) is 22.7. The van der Waals surface area contributed by atoms with Gasteiger partial charge in [-0.2, -0.15) is 5.10 Å². The molecule has 1 saturated carbocycles. The first kappa shape index (κ1) is 13.9. The molecule has 2 atom stereocenters. The fourth-order valence-corrected chi connectivity index (χ4v) is 2.81. The van der Waals surface area contributed by atoms with Crippen molar-refractivity contribution in [3.63, 3.8) is 0 Å². The Bertz CT molecular complexity index is 625. The number of carbonyl (C=O) groups excluding carboxylic acids is 1. The van der Waals surface area contributed by atoms with E-state index in [1.165, 1.54) is 0 Å². The number of benzene rings is 1. The standard InChI is InChI=1S/C15H20N4O2/c20-14-5-3-1-2-4-13(14)18-15(21)17-11-6-7-12-10(8-11)9-16-19-12/h6-9,13-14,20H,1-5H2,(H,16,19)(H2,17,18,21)/t13-,14-/m1/s1. The number of nitrogens with one attached hydrogen (secondary N) is 3. The maximum atomic E-state index is 12.1. The number of aromatic amines is 1. The summed E-state index contributed by atoms with van der Waals surface area (Å²) in [5, 5.41) is 23.5. The van der Waals surface area contributed by atoms with Crippen LogP contribution in [0.5, 0.6) is 0 Å². The van der Waals surface area contributed by atoms with E-state index in [2.05, 4.69) is 20.8 Å². The molecule has 1 aromatic carbocycles. The van der Waals surface area contributed by atoms with E-state index in [-0.39, 0.29) is 12.1 Å². The maximum Gasteiger partial charge on any atom is 0.319 e. The minimum Gasteiger partial charge on any atom is -0.391 e. The molecule has 1 aliphatic rings. The van der Waals surface area contributed by atoms with E-state index in [1.807, 2.05) is 18.2 Å². The van der Waals surface area contributed by atoms with Crippen LogP contribution in [0, 0.1) is 0 Å². The number of nitrogens with zero attached hydrogens (tertiary/aromatic N) is 1. The van der Waals surface area contributed by atoms with Gasteiger partial charge in [0, 0.05) is 11.1 Å². The molecule has 6 heteroatoms. The quantitative estimate of drug-likeness (QED) is 0.639. The molecule has 1 fully saturated rings. The van der Waals surface area contributed by atoms with Crippen molar-refractivity contribution in [3.05, 3.63) is 24.4 Å². The van der Waals surface area contributed by atoms with Gasteiger partial charge in [-0.15, -0.1) is 0 Å². The van der Waals surface area contributed by atoms with Gasteiger partial charge < -0.3 is 15.7 Å². The minimum absolute atomic E-state index is 0.162. The van der Waals surface area contributed by atoms with Gasteiger partial charge in [0.25, 0.3) is 0 Å². The van der Waals surface area contributed by atoms with Crippen molar-refractivity contribution in [1.82, 2.24) is 15.5 Å². The van der Waals surface area contributed by atoms with E-state index in [0.29, 0.717) is 5.69 Å². The van der Waals surface area contributed by atoms with Gasteiger partial charge in [-0.3, -0.25) is 5.10 Å². The lowest BCUT2D eigenvalue weighted by Crippen LogP contribution is -2.44. The molecule has 1 aromatic heterocycles. The third kappa shape index (κ3) is 3.33. The first-order chi connectivity index (χ1) is 10.2. The molecule has 0 saturated heterocycles. The van der Waals surface area contributed by atoms with E-state index in [0.717, 1.165) is 43.0 Å². The van der Waals surface area contributed by atoms with Crippen LogP contribution in [0.25, 0.3) is 10.9 Å². The molecule has 6 nitrogen and oxygen atoms in total. The lowest BCUT2D eigenvalue weighted by molar-refractivity contribution is 0.124. The Hall–Kier alpha value is -2.08. The fraction of sp³-hybridized carbons (Fsp3) is 0.467. The molecule has 1 heterocycles. The molecule has 1 aliphatic carbocycles. The van der Waals surface area contributed by atoms with Crippen molar-refractivity contribution >= 4 is 22.6 Å². The van der Waals surface area contributed by atoms with Gasteiger partial charge in [-0.05, 0) is 31.0 Å². The molecule has 0 aliphatic heterocycles. The summed E-state index contributed by atoms with van der Waals surface area (Å²) in [7, 11) is 0. The van der Waals surface area contributed by atoms with Crippen LogP contribution in [0.15, 0.2) is 24.4 Å². The Morgan fingerprint density at radius 2 is 2.14 bits per heavy atom. The number of carbonyl (C=O) groups is 1. The summed E-state index contributed by atoms with van der Waals surface area (Å²) in [6, 6.07) is 5.12. The molecular weight excluding hydrogens is 268 g/mol. The number of fused-ring (bicyclic) bond motifs is 1. The first-order valence-electron chi connectivity index (χ1n) is 7.41. The zero-order valence-electron chi connectivity index (χ0n) is 11.8. The van der Waals surface area contributed by atoms with Crippen molar-refractivity contribution in [2.24, 2.45) is 0 Å². The molecular formula is C15H20N4O2. The summed E-state index contributed by atoms with van der Waals surface area (Å²) in [6.07, 6.45) is 6.04. The van der Waals surface area contributed by atoms with Gasteiger partial charge in [0.1, 0.15) is 0 Å². The highest BCUT2D eigenvalue weighted by atomic mass is 16.3. The van der Waals surface area contributed by atoms with Crippen molar-refractivity contribution in [3.8, 4) is 0 Å². The molecule has 4 N–H and O–H groups in total. The smallest absolute Gasteiger partial charge is 0.319 e. The Morgan fingerprint density at radius 1 is 1.29 bits per heavy atom. The molecule has 2 amide bonds. The lowest BCUT2D eigenvalue weighted by atomic mass is 10.1. The van der Waals surface area contributed by atoms with Crippen LogP contribution in [0.2, 0.25) is 0 Å². The Kier molecular flexibility index (Phi) is 4.06. The third-order valence-corrected chi connectivity index (χ3v) is 3.99. The Labute approximate surface area is 122 Å². The van der Waals surface area contributed by atoms with Crippen LogP contribution in [0.3, 0.4) is 0 Å². The van der Waals surface area contributed by atoms with Crippen LogP contribution in [-0.4, -0.2) is 33.5 Å². The monoisotopic (exact) mass is 288 g/mol. The summed E-state index contributed by atoms with van der Waals surface area (Å²) < 4.78 is 0. The Morgan fingerprint density at radius 3 is 3.05 bits per heavy atom. The summed E-state index contributed by atoms with van der Waals surface area (Å²) in [4.78, 5) is 12.1. The number of rotatable bonds is 2. The highest BCUT2D eigenvalue weighted by Gasteiger charge is 2.23. The van der Waals surface area contributed by atoms with Crippen LogP contribution in [0.4, 0.5) is 10.5 Å². The van der Waals surface area contributed by atoms with Crippen molar-refractivity contribution in [2.75, 3.05) is 5.32 Å². The van der Waals surface area contributed by atoms with Crippen LogP contribution in [0.1, 0.15) is 32.1 Å². The highest BCUT2D eigenvalue weighted by molar-refractivity contribution is 5.92. The number of hydrogen-bond donors (Lipinski definition) is 4. The summed E-state index contributed by atoms with van der Waals surface area (Å²) in [6.45, 7) is 0. The van der Waals surface area contributed by atoms with Gasteiger partial charge in [0.05, 0.1) is 23.9 Å². The number of hydrogen-bond acceptors (Lipinski definition) is 3. The van der Waals surface area contributed by atoms with E-state index < -0.39 is 6.10 Å². The average molecular weight is 288 g/mol. The van der Waals surface area contributed by atoms with E-state index in [9.17, 15) is 9.90 Å². The number of anilines is 1. The van der Waals surface area contributed by atoms with Gasteiger partial charge in [0.15, 0.2) is 0 Å². The minimum atomic E-state index is -0.449. The summed E-state index contributed by atoms with van der Waals surface area (Å²) in [5.41, 5.74) is 1.64. The predicted molar refractivity (Wildman–Crippen MR) is 81.1 cm³/mol. The summed E-state index contributed by atoms with van der Waals surface area (Å²) >= 11 is 0. The number of aliphatic hydroxyl groups excluding tert-OH is 1. The summed E-state index contributed by atoms with van der Waals surface area (Å²) in [5.74, 6) is 0. The van der Waals surface area contributed by atoms with E-state index in [4.69, 9.17) is 0 Å². The van der Waals surface area contributed by atoms with Gasteiger partial charge in [-0.25, -0.2) is 4.79 Å². The molecule has 0 unspecified atom stereocenters. The van der Waals surface area contributed by atoms with E-state index in [1.54, 1.807) is 6.20 Å². The maximum absolute atomic E-state index is 12.1. The second-order valence-corrected chi connectivity index (χ2v) is 5.58. The highest BCUT2D eigenvalue weighted by Crippen LogP contribution is 2.19. The van der Waals surface area contributed by atoms with Crippen molar-refractivity contribution in [2.45, 2.75) is 44.2 Å². The fourth-order valence-electron chi connectivity index (χ4n) is 2.81. The first-order valence-corrected chi connectivity index (χ1v) is 7.41. The number of aliphatic hydroxyl groups is 1. The predicted octanol–water partition coefficient (Wildman–Crippen LogP) is 2.38. The van der Waals surface area contributed by atoms with Gasteiger partial charge in [-0.1, -0.05) is 19.3 Å². The molecule has 112 valence electrons.